The van der Waals surface area contributed by atoms with Crippen LogP contribution in [0.25, 0.3) is 0 Å². The molecule has 1 aromatic rings. The van der Waals surface area contributed by atoms with E-state index in [1.165, 1.54) is 0 Å². The topological polar surface area (TPSA) is 78.5 Å². The van der Waals surface area contributed by atoms with Crippen LogP contribution in [0.5, 0.6) is 0 Å². The predicted octanol–water partition coefficient (Wildman–Crippen LogP) is 2.58. The first-order chi connectivity index (χ1) is 12.5. The lowest BCUT2D eigenvalue weighted by Gasteiger charge is -2.32. The molecule has 1 atom stereocenters. The number of likely N-dealkylation sites (tertiary alicyclic amines) is 1. The Balaban J connectivity index is 1.96. The van der Waals surface area contributed by atoms with Gasteiger partial charge in [-0.1, -0.05) is 13.0 Å². The lowest BCUT2D eigenvalue weighted by molar-refractivity contribution is -0.126. The normalized spacial score (nSPS) is 16.7. The number of carbonyl (C=O) groups is 3. The van der Waals surface area contributed by atoms with Gasteiger partial charge in [0.25, 0.3) is 5.91 Å². The van der Waals surface area contributed by atoms with Gasteiger partial charge in [0.15, 0.2) is 0 Å². The highest BCUT2D eigenvalue weighted by atomic mass is 16.2. The zero-order valence-corrected chi connectivity index (χ0v) is 15.3. The van der Waals surface area contributed by atoms with Crippen LogP contribution in [-0.2, 0) is 9.59 Å². The Bertz CT molecular complexity index is 655. The molecule has 1 aromatic carbocycles. The molecule has 1 fully saturated rings. The number of amides is 3. The maximum atomic E-state index is 12.7. The van der Waals surface area contributed by atoms with Crippen LogP contribution < -0.4 is 10.6 Å². The van der Waals surface area contributed by atoms with Crippen molar-refractivity contribution in [1.82, 2.24) is 10.2 Å². The Morgan fingerprint density at radius 1 is 1.27 bits per heavy atom. The largest absolute Gasteiger partial charge is 0.352 e. The standard InChI is InChI=1S/C20H27N3O3/c1-3-6-18(24)22-17-10-8-15(9-11-17)20(26)23-13-5-7-16(14-23)19(25)21-12-4-2/h4,8-11,16H,2-3,5-7,12-14H2,1H3,(H,21,25)(H,22,24). The van der Waals surface area contributed by atoms with Crippen molar-refractivity contribution in [3.05, 3.63) is 42.5 Å². The summed E-state index contributed by atoms with van der Waals surface area (Å²) in [5.74, 6) is -0.328. The second kappa shape index (κ2) is 9.75. The van der Waals surface area contributed by atoms with E-state index in [1.54, 1.807) is 35.2 Å². The molecule has 1 unspecified atom stereocenters. The van der Waals surface area contributed by atoms with Gasteiger partial charge >= 0.3 is 0 Å². The first-order valence-electron chi connectivity index (χ1n) is 9.13. The van der Waals surface area contributed by atoms with Crippen molar-refractivity contribution in [2.24, 2.45) is 5.92 Å². The first-order valence-corrected chi connectivity index (χ1v) is 9.13. The summed E-state index contributed by atoms with van der Waals surface area (Å²) in [7, 11) is 0. The fraction of sp³-hybridized carbons (Fsp3) is 0.450. The van der Waals surface area contributed by atoms with Crippen LogP contribution in [0.1, 0.15) is 43.0 Å². The SMILES string of the molecule is C=CCNC(=O)C1CCCN(C(=O)c2ccc(NC(=O)CCC)cc2)C1. The second-order valence-corrected chi connectivity index (χ2v) is 6.50. The minimum Gasteiger partial charge on any atom is -0.352 e. The maximum absolute atomic E-state index is 12.7. The third kappa shape index (κ3) is 5.44. The molecule has 1 aliphatic rings. The number of hydrogen-bond acceptors (Lipinski definition) is 3. The van der Waals surface area contributed by atoms with E-state index in [-0.39, 0.29) is 23.6 Å². The molecule has 26 heavy (non-hydrogen) atoms. The lowest BCUT2D eigenvalue weighted by Crippen LogP contribution is -2.45. The summed E-state index contributed by atoms with van der Waals surface area (Å²) >= 11 is 0. The molecule has 0 bridgehead atoms. The lowest BCUT2D eigenvalue weighted by atomic mass is 9.96. The predicted molar refractivity (Wildman–Crippen MR) is 102 cm³/mol. The minimum atomic E-state index is -0.180. The van der Waals surface area contributed by atoms with E-state index in [9.17, 15) is 14.4 Å². The number of nitrogens with zero attached hydrogens (tertiary/aromatic N) is 1. The summed E-state index contributed by atoms with van der Waals surface area (Å²) in [5, 5.41) is 5.61. The molecule has 0 saturated carbocycles. The Morgan fingerprint density at radius 2 is 2.00 bits per heavy atom. The number of hydrogen-bond donors (Lipinski definition) is 2. The van der Waals surface area contributed by atoms with Crippen molar-refractivity contribution in [2.45, 2.75) is 32.6 Å². The van der Waals surface area contributed by atoms with Gasteiger partial charge in [-0.15, -0.1) is 6.58 Å². The molecular weight excluding hydrogens is 330 g/mol. The second-order valence-electron chi connectivity index (χ2n) is 6.50. The van der Waals surface area contributed by atoms with Gasteiger partial charge in [0.05, 0.1) is 5.92 Å². The van der Waals surface area contributed by atoms with E-state index in [2.05, 4.69) is 17.2 Å². The van der Waals surface area contributed by atoms with E-state index in [0.29, 0.717) is 37.3 Å². The summed E-state index contributed by atoms with van der Waals surface area (Å²) in [6, 6.07) is 6.90. The van der Waals surface area contributed by atoms with Gasteiger partial charge in [0.1, 0.15) is 0 Å². The average molecular weight is 357 g/mol. The molecular formula is C20H27N3O3. The van der Waals surface area contributed by atoms with E-state index >= 15 is 0 Å². The van der Waals surface area contributed by atoms with Crippen LogP contribution in [-0.4, -0.2) is 42.3 Å². The summed E-state index contributed by atoms with van der Waals surface area (Å²) < 4.78 is 0. The summed E-state index contributed by atoms with van der Waals surface area (Å²) in [5.41, 5.74) is 1.24. The molecule has 1 saturated heterocycles. The molecule has 0 aromatic heterocycles. The molecule has 3 amide bonds. The van der Waals surface area contributed by atoms with Crippen molar-refractivity contribution >= 4 is 23.4 Å². The van der Waals surface area contributed by atoms with Crippen LogP contribution in [0.15, 0.2) is 36.9 Å². The highest BCUT2D eigenvalue weighted by Gasteiger charge is 2.28. The summed E-state index contributed by atoms with van der Waals surface area (Å²) in [4.78, 5) is 38.2. The van der Waals surface area contributed by atoms with Crippen LogP contribution in [0.3, 0.4) is 0 Å². The number of anilines is 1. The monoisotopic (exact) mass is 357 g/mol. The van der Waals surface area contributed by atoms with Gasteiger partial charge in [-0.05, 0) is 43.5 Å². The molecule has 2 N–H and O–H groups in total. The highest BCUT2D eigenvalue weighted by Crippen LogP contribution is 2.20. The first kappa shape index (κ1) is 19.7. The van der Waals surface area contributed by atoms with Gasteiger partial charge in [0.2, 0.25) is 11.8 Å². The maximum Gasteiger partial charge on any atom is 0.253 e. The number of carbonyl (C=O) groups excluding carboxylic acids is 3. The molecule has 1 aliphatic heterocycles. The van der Waals surface area contributed by atoms with Gasteiger partial charge in [0, 0.05) is 37.3 Å². The van der Waals surface area contributed by atoms with Crippen molar-refractivity contribution in [3.63, 3.8) is 0 Å². The van der Waals surface area contributed by atoms with Crippen molar-refractivity contribution in [1.29, 1.82) is 0 Å². The van der Waals surface area contributed by atoms with Gasteiger partial charge < -0.3 is 15.5 Å². The molecule has 6 heteroatoms. The van der Waals surface area contributed by atoms with Crippen molar-refractivity contribution < 1.29 is 14.4 Å². The quantitative estimate of drug-likeness (QED) is 0.736. The van der Waals surface area contributed by atoms with Crippen LogP contribution in [0, 0.1) is 5.92 Å². The molecule has 6 nitrogen and oxygen atoms in total. The average Bonchev–Trinajstić information content (AvgIpc) is 2.66. The minimum absolute atomic E-state index is 0.0311. The molecule has 0 aliphatic carbocycles. The molecule has 0 radical (unpaired) electrons. The Labute approximate surface area is 154 Å². The third-order valence-corrected chi connectivity index (χ3v) is 4.39. The number of rotatable bonds is 7. The van der Waals surface area contributed by atoms with Crippen LogP contribution in [0.2, 0.25) is 0 Å². The van der Waals surface area contributed by atoms with E-state index in [0.717, 1.165) is 19.3 Å². The van der Waals surface area contributed by atoms with Crippen LogP contribution >= 0.6 is 0 Å². The van der Waals surface area contributed by atoms with Crippen molar-refractivity contribution in [3.8, 4) is 0 Å². The molecule has 0 spiro atoms. The fourth-order valence-electron chi connectivity index (χ4n) is 3.02. The van der Waals surface area contributed by atoms with Crippen LogP contribution in [0.4, 0.5) is 5.69 Å². The van der Waals surface area contributed by atoms with Crippen molar-refractivity contribution in [2.75, 3.05) is 25.0 Å². The Morgan fingerprint density at radius 3 is 2.65 bits per heavy atom. The molecule has 140 valence electrons. The zero-order chi connectivity index (χ0) is 18.9. The molecule has 1 heterocycles. The fourth-order valence-corrected chi connectivity index (χ4v) is 3.02. The van der Waals surface area contributed by atoms with Gasteiger partial charge in [-0.3, -0.25) is 14.4 Å². The summed E-state index contributed by atoms with van der Waals surface area (Å²) in [6.45, 7) is 7.06. The zero-order valence-electron chi connectivity index (χ0n) is 15.3. The molecule has 2 rings (SSSR count). The Hall–Kier alpha value is -2.63. The van der Waals surface area contributed by atoms with E-state index in [1.807, 2.05) is 6.92 Å². The number of nitrogens with one attached hydrogen (secondary N) is 2. The van der Waals surface area contributed by atoms with E-state index in [4.69, 9.17) is 0 Å². The smallest absolute Gasteiger partial charge is 0.253 e. The Kier molecular flexibility index (Phi) is 7.38. The third-order valence-electron chi connectivity index (χ3n) is 4.39. The van der Waals surface area contributed by atoms with Gasteiger partial charge in [-0.2, -0.15) is 0 Å². The van der Waals surface area contributed by atoms with Gasteiger partial charge in [-0.25, -0.2) is 0 Å². The highest BCUT2D eigenvalue weighted by molar-refractivity contribution is 5.96. The number of benzene rings is 1. The summed E-state index contributed by atoms with van der Waals surface area (Å²) in [6.07, 6.45) is 4.51. The number of piperidine rings is 1. The van der Waals surface area contributed by atoms with E-state index < -0.39 is 0 Å².